The largest absolute Gasteiger partial charge is 0.612 e. The summed E-state index contributed by atoms with van der Waals surface area (Å²) in [5.74, 6) is 0. The Hall–Kier alpha value is -0.206. The molecule has 0 aliphatic heterocycles. The third-order valence-corrected chi connectivity index (χ3v) is 1.69. The zero-order valence-electron chi connectivity index (χ0n) is 8.70. The number of nitrogens with zero attached hydrogens (tertiary/aromatic N) is 2. The Morgan fingerprint density at radius 3 is 2.71 bits per heavy atom. The molecule has 0 aliphatic carbocycles. The molecule has 0 bridgehead atoms. The van der Waals surface area contributed by atoms with E-state index in [1.54, 1.807) is 0 Å². The van der Waals surface area contributed by atoms with Crippen molar-refractivity contribution in [3.05, 3.63) is 41.3 Å². The summed E-state index contributed by atoms with van der Waals surface area (Å²) < 4.78 is 0. The summed E-state index contributed by atoms with van der Waals surface area (Å²) in [4.78, 5) is 0. The molecule has 1 aromatic rings. The van der Waals surface area contributed by atoms with Gasteiger partial charge < -0.3 is 10.5 Å². The van der Waals surface area contributed by atoms with Crippen molar-refractivity contribution in [2.24, 2.45) is 5.10 Å². The van der Waals surface area contributed by atoms with E-state index in [1.807, 2.05) is 31.2 Å². The van der Waals surface area contributed by atoms with Gasteiger partial charge in [0.2, 0.25) is 0 Å². The zero-order valence-corrected chi connectivity index (χ0v) is 11.5. The van der Waals surface area contributed by atoms with Gasteiger partial charge in [0, 0.05) is 32.7 Å². The second-order valence-corrected chi connectivity index (χ2v) is 2.63. The fraction of sp³-hybridized carbons (Fsp3) is 0.364. The fourth-order valence-corrected chi connectivity index (χ4v) is 1.04. The van der Waals surface area contributed by atoms with Gasteiger partial charge in [-0.3, -0.25) is 0 Å². The van der Waals surface area contributed by atoms with Gasteiger partial charge in [0.25, 0.3) is 0 Å². The number of hydrogen-bond donors (Lipinski definition) is 0. The first-order valence-electron chi connectivity index (χ1n) is 4.58. The molecule has 3 heteroatoms. The van der Waals surface area contributed by atoms with Crippen LogP contribution < -0.4 is 0 Å². The average molecular weight is 263 g/mol. The molecule has 14 heavy (non-hydrogen) atoms. The first-order chi connectivity index (χ1) is 6.38. The zero-order chi connectivity index (χ0) is 9.52. The minimum absolute atomic E-state index is 0. The van der Waals surface area contributed by atoms with E-state index in [4.69, 9.17) is 0 Å². The Balaban J connectivity index is 0.00000169. The summed E-state index contributed by atoms with van der Waals surface area (Å²) in [6, 6.07) is 11.0. The van der Waals surface area contributed by atoms with Crippen LogP contribution in [0.1, 0.15) is 25.8 Å². The van der Waals surface area contributed by atoms with Crippen molar-refractivity contribution in [2.45, 2.75) is 20.3 Å². The van der Waals surface area contributed by atoms with E-state index in [-0.39, 0.29) is 32.7 Å². The average Bonchev–Trinajstić information content (AvgIpc) is 2.21. The SMILES string of the molecule is CC[N-]N=C(CC)c1[c-]cccc1.[Y]. The van der Waals surface area contributed by atoms with E-state index in [1.165, 1.54) is 0 Å². The molecule has 0 spiro atoms. The molecule has 0 atom stereocenters. The van der Waals surface area contributed by atoms with Crippen molar-refractivity contribution in [3.63, 3.8) is 0 Å². The molecule has 0 amide bonds. The van der Waals surface area contributed by atoms with E-state index in [0.717, 1.165) is 24.2 Å². The van der Waals surface area contributed by atoms with Gasteiger partial charge in [0.15, 0.2) is 0 Å². The molecular weight excluding hydrogens is 249 g/mol. The second kappa shape index (κ2) is 8.13. The second-order valence-electron chi connectivity index (χ2n) is 2.63. The minimum atomic E-state index is 0. The van der Waals surface area contributed by atoms with Crippen molar-refractivity contribution in [2.75, 3.05) is 6.54 Å². The molecule has 1 aromatic carbocycles. The van der Waals surface area contributed by atoms with Crippen LogP contribution in [-0.2, 0) is 32.7 Å². The number of rotatable bonds is 4. The third-order valence-electron chi connectivity index (χ3n) is 1.69. The van der Waals surface area contributed by atoms with Gasteiger partial charge in [-0.05, 0) is 6.42 Å². The molecule has 1 radical (unpaired) electrons. The van der Waals surface area contributed by atoms with Crippen LogP contribution in [0.15, 0.2) is 29.4 Å². The Bertz CT molecular complexity index is 270. The van der Waals surface area contributed by atoms with Crippen LogP contribution in [0.2, 0.25) is 0 Å². The smallest absolute Gasteiger partial charge is 0 e. The van der Waals surface area contributed by atoms with Crippen molar-refractivity contribution in [1.29, 1.82) is 0 Å². The van der Waals surface area contributed by atoms with Crippen LogP contribution in [0.3, 0.4) is 0 Å². The summed E-state index contributed by atoms with van der Waals surface area (Å²) in [5.41, 5.74) is 6.03. The van der Waals surface area contributed by atoms with E-state index in [2.05, 4.69) is 23.5 Å². The Morgan fingerprint density at radius 2 is 2.21 bits per heavy atom. The summed E-state index contributed by atoms with van der Waals surface area (Å²) in [7, 11) is 0. The molecule has 0 heterocycles. The predicted molar refractivity (Wildman–Crippen MR) is 56.0 cm³/mol. The predicted octanol–water partition coefficient (Wildman–Crippen LogP) is 2.99. The maximum absolute atomic E-state index is 4.14. The number of hydrogen-bond acceptors (Lipinski definition) is 1. The molecule has 0 N–H and O–H groups in total. The monoisotopic (exact) mass is 263 g/mol. The van der Waals surface area contributed by atoms with Gasteiger partial charge in [0.1, 0.15) is 0 Å². The summed E-state index contributed by atoms with van der Waals surface area (Å²) >= 11 is 0. The van der Waals surface area contributed by atoms with Crippen molar-refractivity contribution < 1.29 is 32.7 Å². The summed E-state index contributed by atoms with van der Waals surface area (Å²) in [6.45, 7) is 4.78. The maximum atomic E-state index is 4.14. The van der Waals surface area contributed by atoms with Crippen LogP contribution in [-0.4, -0.2) is 12.3 Å². The van der Waals surface area contributed by atoms with Crippen LogP contribution >= 0.6 is 0 Å². The molecule has 0 aromatic heterocycles. The Kier molecular flexibility index (Phi) is 8.01. The quantitative estimate of drug-likeness (QED) is 0.453. The van der Waals surface area contributed by atoms with Gasteiger partial charge in [0.05, 0.1) is 0 Å². The van der Waals surface area contributed by atoms with Crippen molar-refractivity contribution in [1.82, 2.24) is 0 Å². The van der Waals surface area contributed by atoms with Crippen molar-refractivity contribution in [3.8, 4) is 0 Å². The van der Waals surface area contributed by atoms with Crippen molar-refractivity contribution >= 4 is 5.71 Å². The topological polar surface area (TPSA) is 26.5 Å². The normalized spacial score (nSPS) is 10.6. The van der Waals surface area contributed by atoms with Crippen LogP contribution in [0.25, 0.3) is 5.43 Å². The first kappa shape index (κ1) is 13.8. The number of benzene rings is 1. The van der Waals surface area contributed by atoms with Gasteiger partial charge >= 0.3 is 0 Å². The van der Waals surface area contributed by atoms with E-state index in [0.29, 0.717) is 0 Å². The molecule has 0 saturated heterocycles. The van der Waals surface area contributed by atoms with Gasteiger partial charge in [-0.25, -0.2) is 0 Å². The van der Waals surface area contributed by atoms with Gasteiger partial charge in [-0.2, -0.15) is 0 Å². The first-order valence-corrected chi connectivity index (χ1v) is 4.58. The Labute approximate surface area is 111 Å². The van der Waals surface area contributed by atoms with E-state index in [9.17, 15) is 0 Å². The van der Waals surface area contributed by atoms with Gasteiger partial charge in [-0.15, -0.1) is 42.4 Å². The molecule has 73 valence electrons. The fourth-order valence-electron chi connectivity index (χ4n) is 1.04. The van der Waals surface area contributed by atoms with E-state index < -0.39 is 0 Å². The molecule has 0 aliphatic rings. The van der Waals surface area contributed by atoms with Crippen LogP contribution in [0, 0.1) is 6.07 Å². The molecular formula is C11H14N2Y-2. The maximum Gasteiger partial charge on any atom is 0 e. The molecule has 0 unspecified atom stereocenters. The molecule has 2 nitrogen and oxygen atoms in total. The molecule has 0 saturated carbocycles. The van der Waals surface area contributed by atoms with Gasteiger partial charge in [-0.1, -0.05) is 19.6 Å². The van der Waals surface area contributed by atoms with E-state index >= 15 is 0 Å². The third kappa shape index (κ3) is 4.34. The molecule has 1 rings (SSSR count). The summed E-state index contributed by atoms with van der Waals surface area (Å²) in [6.07, 6.45) is 0.893. The van der Waals surface area contributed by atoms with Crippen LogP contribution in [0.5, 0.6) is 0 Å². The standard InChI is InChI=1S/C11H14N2.Y/c1-3-11(13-12-4-2)10-8-6-5-7-9-10;/h5-8H,3-4H2,1-2H3;/q-2;. The minimum Gasteiger partial charge on any atom is -0.612 e. The Morgan fingerprint density at radius 1 is 1.43 bits per heavy atom. The van der Waals surface area contributed by atoms with Crippen LogP contribution in [0.4, 0.5) is 0 Å². The summed E-state index contributed by atoms with van der Waals surface area (Å²) in [5, 5.41) is 4.14. The molecule has 0 fully saturated rings.